The number of carboxylic acid groups (broad SMARTS) is 1. The molecule has 84 valence electrons. The first-order chi connectivity index (χ1) is 6.85. The first-order valence-corrected chi connectivity index (χ1v) is 6.21. The molecule has 1 heterocycles. The van der Waals surface area contributed by atoms with E-state index < -0.39 is 15.8 Å². The van der Waals surface area contributed by atoms with Gasteiger partial charge in [-0.3, -0.25) is 0 Å². The van der Waals surface area contributed by atoms with Crippen LogP contribution in [-0.2, 0) is 15.6 Å². The van der Waals surface area contributed by atoms with Crippen LogP contribution >= 0.6 is 0 Å². The molecule has 0 radical (unpaired) electrons. The lowest BCUT2D eigenvalue weighted by molar-refractivity contribution is 0.0695. The van der Waals surface area contributed by atoms with Crippen molar-refractivity contribution < 1.29 is 22.7 Å². The van der Waals surface area contributed by atoms with Gasteiger partial charge in [0.05, 0.1) is 0 Å². The minimum atomic E-state index is -3.19. The number of rotatable bonds is 4. The Labute approximate surface area is 87.6 Å². The van der Waals surface area contributed by atoms with Crippen LogP contribution in [-0.4, -0.2) is 25.2 Å². The number of aromatic carboxylic acids is 1. The summed E-state index contributed by atoms with van der Waals surface area (Å²) >= 11 is 0. The SMILES string of the molecule is CCS(=O)(=O)Cc1cc(C(=O)O)c(C)o1. The number of carboxylic acids is 1. The van der Waals surface area contributed by atoms with Crippen LogP contribution < -0.4 is 0 Å². The maximum atomic E-state index is 11.3. The summed E-state index contributed by atoms with van der Waals surface area (Å²) in [4.78, 5) is 10.7. The molecule has 1 rings (SSSR count). The summed E-state index contributed by atoms with van der Waals surface area (Å²) in [5, 5.41) is 8.73. The van der Waals surface area contributed by atoms with E-state index >= 15 is 0 Å². The molecule has 0 saturated heterocycles. The minimum Gasteiger partial charge on any atom is -0.478 e. The molecule has 0 aliphatic carbocycles. The highest BCUT2D eigenvalue weighted by Crippen LogP contribution is 2.17. The van der Waals surface area contributed by atoms with Gasteiger partial charge >= 0.3 is 5.97 Å². The van der Waals surface area contributed by atoms with Crippen molar-refractivity contribution in [3.8, 4) is 0 Å². The fraction of sp³-hybridized carbons (Fsp3) is 0.444. The normalized spacial score (nSPS) is 11.6. The van der Waals surface area contributed by atoms with Gasteiger partial charge in [-0.2, -0.15) is 0 Å². The summed E-state index contributed by atoms with van der Waals surface area (Å²) in [6, 6.07) is 1.25. The lowest BCUT2D eigenvalue weighted by atomic mass is 10.2. The lowest BCUT2D eigenvalue weighted by Gasteiger charge is -1.96. The first-order valence-electron chi connectivity index (χ1n) is 4.38. The zero-order chi connectivity index (χ0) is 11.6. The molecule has 0 fully saturated rings. The molecule has 0 spiro atoms. The van der Waals surface area contributed by atoms with Crippen LogP contribution in [0, 0.1) is 6.92 Å². The second kappa shape index (κ2) is 4.06. The highest BCUT2D eigenvalue weighted by atomic mass is 32.2. The average molecular weight is 232 g/mol. The number of hydrogen-bond donors (Lipinski definition) is 1. The first kappa shape index (κ1) is 11.8. The molecule has 0 bridgehead atoms. The molecule has 0 saturated carbocycles. The summed E-state index contributed by atoms with van der Waals surface area (Å²) in [6.45, 7) is 3.02. The highest BCUT2D eigenvalue weighted by molar-refractivity contribution is 7.90. The Kier molecular flexibility index (Phi) is 3.18. The Balaban J connectivity index is 2.99. The zero-order valence-corrected chi connectivity index (χ0v) is 9.30. The van der Waals surface area contributed by atoms with Gasteiger partial charge in [0, 0.05) is 5.75 Å². The van der Waals surface area contributed by atoms with Gasteiger partial charge in [-0.15, -0.1) is 0 Å². The minimum absolute atomic E-state index is 0.00908. The van der Waals surface area contributed by atoms with Crippen LogP contribution in [0.4, 0.5) is 0 Å². The Morgan fingerprint density at radius 3 is 2.53 bits per heavy atom. The Bertz CT molecular complexity index is 469. The molecule has 5 nitrogen and oxygen atoms in total. The molecule has 1 aromatic rings. The van der Waals surface area contributed by atoms with Crippen LogP contribution in [0.25, 0.3) is 0 Å². The van der Waals surface area contributed by atoms with Crippen LogP contribution in [0.1, 0.15) is 28.8 Å². The molecular weight excluding hydrogens is 220 g/mol. The average Bonchev–Trinajstić information content (AvgIpc) is 2.46. The van der Waals surface area contributed by atoms with Gasteiger partial charge in [0.2, 0.25) is 0 Å². The maximum Gasteiger partial charge on any atom is 0.339 e. The quantitative estimate of drug-likeness (QED) is 0.843. The predicted octanol–water partition coefficient (Wildman–Crippen LogP) is 1.22. The van der Waals surface area contributed by atoms with Crippen molar-refractivity contribution in [2.45, 2.75) is 19.6 Å². The van der Waals surface area contributed by atoms with Gasteiger partial charge < -0.3 is 9.52 Å². The number of sulfone groups is 1. The number of carbonyl (C=O) groups is 1. The summed E-state index contributed by atoms with van der Waals surface area (Å²) < 4.78 is 27.6. The fourth-order valence-corrected chi connectivity index (χ4v) is 1.93. The third-order valence-electron chi connectivity index (χ3n) is 2.00. The molecule has 6 heteroatoms. The van der Waals surface area contributed by atoms with Gasteiger partial charge in [0.1, 0.15) is 22.8 Å². The van der Waals surface area contributed by atoms with Crippen molar-refractivity contribution in [3.05, 3.63) is 23.2 Å². The van der Waals surface area contributed by atoms with E-state index in [0.29, 0.717) is 0 Å². The van der Waals surface area contributed by atoms with Crippen LogP contribution in [0.15, 0.2) is 10.5 Å². The monoisotopic (exact) mass is 232 g/mol. The molecule has 0 unspecified atom stereocenters. The van der Waals surface area contributed by atoms with E-state index in [1.54, 1.807) is 0 Å². The maximum absolute atomic E-state index is 11.3. The van der Waals surface area contributed by atoms with E-state index in [9.17, 15) is 13.2 Å². The van der Waals surface area contributed by atoms with Crippen molar-refractivity contribution in [2.24, 2.45) is 0 Å². The van der Waals surface area contributed by atoms with E-state index in [-0.39, 0.29) is 28.6 Å². The van der Waals surface area contributed by atoms with Crippen LogP contribution in [0.3, 0.4) is 0 Å². The topological polar surface area (TPSA) is 84.6 Å². The Morgan fingerprint density at radius 1 is 1.53 bits per heavy atom. The summed E-state index contributed by atoms with van der Waals surface area (Å²) in [6.07, 6.45) is 0. The van der Waals surface area contributed by atoms with E-state index in [2.05, 4.69) is 0 Å². The second-order valence-corrected chi connectivity index (χ2v) is 5.52. The van der Waals surface area contributed by atoms with Gasteiger partial charge in [0.15, 0.2) is 9.84 Å². The smallest absolute Gasteiger partial charge is 0.339 e. The largest absolute Gasteiger partial charge is 0.478 e. The number of hydrogen-bond acceptors (Lipinski definition) is 4. The standard InChI is InChI=1S/C9H12O5S/c1-3-15(12,13)5-7-4-8(9(10)11)6(2)14-7/h4H,3,5H2,1-2H3,(H,10,11). The zero-order valence-electron chi connectivity index (χ0n) is 8.48. The van der Waals surface area contributed by atoms with Gasteiger partial charge in [-0.1, -0.05) is 6.92 Å². The third-order valence-corrected chi connectivity index (χ3v) is 3.61. The molecule has 0 amide bonds. The Morgan fingerprint density at radius 2 is 2.13 bits per heavy atom. The predicted molar refractivity (Wildman–Crippen MR) is 53.6 cm³/mol. The van der Waals surface area contributed by atoms with Gasteiger partial charge in [0.25, 0.3) is 0 Å². The number of aryl methyl sites for hydroxylation is 1. The van der Waals surface area contributed by atoms with Crippen molar-refractivity contribution >= 4 is 15.8 Å². The van der Waals surface area contributed by atoms with E-state index in [1.807, 2.05) is 0 Å². The molecule has 1 aromatic heterocycles. The van der Waals surface area contributed by atoms with Gasteiger partial charge in [-0.05, 0) is 13.0 Å². The van der Waals surface area contributed by atoms with Gasteiger partial charge in [-0.25, -0.2) is 13.2 Å². The highest BCUT2D eigenvalue weighted by Gasteiger charge is 2.17. The van der Waals surface area contributed by atoms with Crippen molar-refractivity contribution in [2.75, 3.05) is 5.75 Å². The molecule has 0 aliphatic heterocycles. The van der Waals surface area contributed by atoms with E-state index in [4.69, 9.17) is 9.52 Å². The summed E-state index contributed by atoms with van der Waals surface area (Å²) in [7, 11) is -3.19. The number of furan rings is 1. The lowest BCUT2D eigenvalue weighted by Crippen LogP contribution is -2.05. The van der Waals surface area contributed by atoms with E-state index in [0.717, 1.165) is 0 Å². The van der Waals surface area contributed by atoms with Crippen molar-refractivity contribution in [1.82, 2.24) is 0 Å². The molecule has 15 heavy (non-hydrogen) atoms. The second-order valence-electron chi connectivity index (χ2n) is 3.16. The summed E-state index contributed by atoms with van der Waals surface area (Å²) in [5.41, 5.74) is 0.0105. The summed E-state index contributed by atoms with van der Waals surface area (Å²) in [5.74, 6) is -0.959. The molecule has 0 atom stereocenters. The van der Waals surface area contributed by atoms with Crippen LogP contribution in [0.2, 0.25) is 0 Å². The third kappa shape index (κ3) is 2.82. The molecule has 0 aliphatic rings. The van der Waals surface area contributed by atoms with Crippen LogP contribution in [0.5, 0.6) is 0 Å². The van der Waals surface area contributed by atoms with E-state index in [1.165, 1.54) is 19.9 Å². The molecule has 0 aromatic carbocycles. The van der Waals surface area contributed by atoms with Crippen molar-refractivity contribution in [3.63, 3.8) is 0 Å². The molecular formula is C9H12O5S. The Hall–Kier alpha value is -1.30. The fourth-order valence-electron chi connectivity index (χ4n) is 1.15. The van der Waals surface area contributed by atoms with Crippen molar-refractivity contribution in [1.29, 1.82) is 0 Å². The molecule has 1 N–H and O–H groups in total.